The molecule has 1 amide bonds. The molecule has 4 heteroatoms. The van der Waals surface area contributed by atoms with E-state index < -0.39 is 0 Å². The summed E-state index contributed by atoms with van der Waals surface area (Å²) < 4.78 is 0. The lowest BCUT2D eigenvalue weighted by Crippen LogP contribution is -2.27. The number of nitrogens with two attached hydrogens (primary N) is 1. The summed E-state index contributed by atoms with van der Waals surface area (Å²) >= 11 is 1.71. The van der Waals surface area contributed by atoms with E-state index in [9.17, 15) is 4.79 Å². The molecule has 0 radical (unpaired) electrons. The van der Waals surface area contributed by atoms with Gasteiger partial charge in [0.2, 0.25) is 0 Å². The van der Waals surface area contributed by atoms with Gasteiger partial charge in [-0.25, -0.2) is 0 Å². The number of rotatable bonds is 5. The Morgan fingerprint density at radius 3 is 2.70 bits per heavy atom. The van der Waals surface area contributed by atoms with Crippen LogP contribution in [0.5, 0.6) is 0 Å². The molecule has 1 atom stereocenters. The van der Waals surface area contributed by atoms with Gasteiger partial charge >= 0.3 is 0 Å². The van der Waals surface area contributed by atoms with Gasteiger partial charge in [-0.3, -0.25) is 4.79 Å². The Labute approximate surface area is 123 Å². The van der Waals surface area contributed by atoms with Crippen LogP contribution in [0.1, 0.15) is 38.6 Å². The van der Waals surface area contributed by atoms with Crippen molar-refractivity contribution in [2.45, 2.75) is 26.3 Å². The summed E-state index contributed by atoms with van der Waals surface area (Å²) in [4.78, 5) is 14.8. The van der Waals surface area contributed by atoms with Crippen molar-refractivity contribution in [3.63, 3.8) is 0 Å². The minimum absolute atomic E-state index is 0.0205. The lowest BCUT2D eigenvalue weighted by atomic mass is 10.0. The van der Waals surface area contributed by atoms with Crippen molar-refractivity contribution >= 4 is 17.2 Å². The quantitative estimate of drug-likeness (QED) is 0.888. The van der Waals surface area contributed by atoms with E-state index in [0.29, 0.717) is 6.54 Å². The first-order valence-corrected chi connectivity index (χ1v) is 7.58. The average Bonchev–Trinajstić information content (AvgIpc) is 2.86. The average molecular weight is 288 g/mol. The molecular weight excluding hydrogens is 268 g/mol. The van der Waals surface area contributed by atoms with Gasteiger partial charge in [0.1, 0.15) is 0 Å². The topological polar surface area (TPSA) is 55.1 Å². The predicted molar refractivity (Wildman–Crippen MR) is 84.1 cm³/mol. The smallest absolute Gasteiger partial charge is 0.252 e. The summed E-state index contributed by atoms with van der Waals surface area (Å²) in [6, 6.07) is 11.8. The maximum Gasteiger partial charge on any atom is 0.252 e. The SMILES string of the molecule is Cc1ccc(C(C)NC(=O)c2ccccc2CCN)s1. The lowest BCUT2D eigenvalue weighted by Gasteiger charge is -2.14. The van der Waals surface area contributed by atoms with Crippen LogP contribution in [0, 0.1) is 6.92 Å². The van der Waals surface area contributed by atoms with Crippen molar-refractivity contribution in [3.8, 4) is 0 Å². The largest absolute Gasteiger partial charge is 0.345 e. The first kappa shape index (κ1) is 14.8. The number of carbonyl (C=O) groups is 1. The van der Waals surface area contributed by atoms with Crippen LogP contribution >= 0.6 is 11.3 Å². The summed E-state index contributed by atoms with van der Waals surface area (Å²) in [6.45, 7) is 4.62. The van der Waals surface area contributed by atoms with Crippen LogP contribution in [0.15, 0.2) is 36.4 Å². The van der Waals surface area contributed by atoms with E-state index in [4.69, 9.17) is 5.73 Å². The highest BCUT2D eigenvalue weighted by molar-refractivity contribution is 7.12. The van der Waals surface area contributed by atoms with Crippen LogP contribution in [0.2, 0.25) is 0 Å². The van der Waals surface area contributed by atoms with E-state index in [-0.39, 0.29) is 11.9 Å². The Balaban J connectivity index is 2.12. The number of carbonyl (C=O) groups excluding carboxylic acids is 1. The Morgan fingerprint density at radius 1 is 1.30 bits per heavy atom. The molecule has 0 bridgehead atoms. The summed E-state index contributed by atoms with van der Waals surface area (Å²) in [6.07, 6.45) is 0.718. The number of aryl methyl sites for hydroxylation is 1. The van der Waals surface area contributed by atoms with Gasteiger partial charge in [-0.2, -0.15) is 0 Å². The zero-order valence-electron chi connectivity index (χ0n) is 11.8. The lowest BCUT2D eigenvalue weighted by molar-refractivity contribution is 0.0939. The highest BCUT2D eigenvalue weighted by Crippen LogP contribution is 2.22. The number of hydrogen-bond acceptors (Lipinski definition) is 3. The molecule has 0 aliphatic carbocycles. The second kappa shape index (κ2) is 6.68. The van der Waals surface area contributed by atoms with E-state index >= 15 is 0 Å². The zero-order valence-corrected chi connectivity index (χ0v) is 12.7. The molecule has 1 heterocycles. The van der Waals surface area contributed by atoms with Crippen LogP contribution in [0.25, 0.3) is 0 Å². The van der Waals surface area contributed by atoms with Gasteiger partial charge in [-0.05, 0) is 50.6 Å². The molecule has 1 aromatic heterocycles. The van der Waals surface area contributed by atoms with Crippen LogP contribution in [-0.2, 0) is 6.42 Å². The third-order valence-corrected chi connectivity index (χ3v) is 4.39. The molecular formula is C16H20N2OS. The molecule has 0 saturated carbocycles. The Morgan fingerprint density at radius 2 is 2.05 bits per heavy atom. The maximum atomic E-state index is 12.4. The van der Waals surface area contributed by atoms with Gasteiger partial charge in [0.05, 0.1) is 6.04 Å². The van der Waals surface area contributed by atoms with Crippen molar-refractivity contribution in [2.75, 3.05) is 6.54 Å². The van der Waals surface area contributed by atoms with Crippen molar-refractivity contribution in [1.82, 2.24) is 5.32 Å². The van der Waals surface area contributed by atoms with Gasteiger partial charge in [0.25, 0.3) is 5.91 Å². The van der Waals surface area contributed by atoms with Gasteiger partial charge in [-0.1, -0.05) is 18.2 Å². The number of thiophene rings is 1. The first-order valence-electron chi connectivity index (χ1n) is 6.77. The van der Waals surface area contributed by atoms with Gasteiger partial charge < -0.3 is 11.1 Å². The molecule has 3 N–H and O–H groups in total. The van der Waals surface area contributed by atoms with E-state index in [0.717, 1.165) is 17.5 Å². The van der Waals surface area contributed by atoms with Crippen molar-refractivity contribution in [2.24, 2.45) is 5.73 Å². The molecule has 0 saturated heterocycles. The predicted octanol–water partition coefficient (Wildman–Crippen LogP) is 3.05. The molecule has 0 aliphatic heterocycles. The normalized spacial score (nSPS) is 12.2. The highest BCUT2D eigenvalue weighted by Gasteiger charge is 2.15. The molecule has 1 aromatic carbocycles. The molecule has 20 heavy (non-hydrogen) atoms. The first-order chi connectivity index (χ1) is 9.61. The zero-order chi connectivity index (χ0) is 14.5. The van der Waals surface area contributed by atoms with Crippen LogP contribution < -0.4 is 11.1 Å². The molecule has 0 spiro atoms. The Bertz CT molecular complexity index is 592. The number of amides is 1. The van der Waals surface area contributed by atoms with Crippen LogP contribution in [0.3, 0.4) is 0 Å². The monoisotopic (exact) mass is 288 g/mol. The molecule has 0 fully saturated rings. The summed E-state index contributed by atoms with van der Waals surface area (Å²) in [7, 11) is 0. The van der Waals surface area contributed by atoms with Crippen molar-refractivity contribution in [3.05, 3.63) is 57.3 Å². The van der Waals surface area contributed by atoms with Gasteiger partial charge in [0.15, 0.2) is 0 Å². The fourth-order valence-corrected chi connectivity index (χ4v) is 3.03. The van der Waals surface area contributed by atoms with Gasteiger partial charge in [0, 0.05) is 15.3 Å². The summed E-state index contributed by atoms with van der Waals surface area (Å²) in [5.41, 5.74) is 7.32. The third-order valence-electron chi connectivity index (χ3n) is 3.21. The fraction of sp³-hybridized carbons (Fsp3) is 0.312. The highest BCUT2D eigenvalue weighted by atomic mass is 32.1. The second-order valence-corrected chi connectivity index (χ2v) is 6.16. The fourth-order valence-electron chi connectivity index (χ4n) is 2.15. The molecule has 106 valence electrons. The third kappa shape index (κ3) is 3.46. The number of nitrogens with one attached hydrogen (secondary N) is 1. The Hall–Kier alpha value is -1.65. The van der Waals surface area contributed by atoms with E-state index in [2.05, 4.69) is 24.4 Å². The number of benzene rings is 1. The van der Waals surface area contributed by atoms with E-state index in [1.807, 2.05) is 31.2 Å². The maximum absolute atomic E-state index is 12.4. The number of hydrogen-bond donors (Lipinski definition) is 2. The molecule has 1 unspecified atom stereocenters. The van der Waals surface area contributed by atoms with Crippen molar-refractivity contribution in [1.29, 1.82) is 0 Å². The molecule has 0 aliphatic rings. The van der Waals surface area contributed by atoms with E-state index in [1.54, 1.807) is 11.3 Å². The van der Waals surface area contributed by atoms with E-state index in [1.165, 1.54) is 9.75 Å². The summed E-state index contributed by atoms with van der Waals surface area (Å²) in [5.74, 6) is -0.0346. The minimum Gasteiger partial charge on any atom is -0.345 e. The second-order valence-electron chi connectivity index (χ2n) is 4.84. The van der Waals surface area contributed by atoms with Crippen molar-refractivity contribution < 1.29 is 4.79 Å². The Kier molecular flexibility index (Phi) is 4.93. The molecule has 2 aromatic rings. The van der Waals surface area contributed by atoms with Crippen LogP contribution in [0.4, 0.5) is 0 Å². The standard InChI is InChI=1S/C16H20N2OS/c1-11-7-8-15(20-11)12(2)18-16(19)14-6-4-3-5-13(14)9-10-17/h3-8,12H,9-10,17H2,1-2H3,(H,18,19). The minimum atomic E-state index is -0.0346. The molecule has 2 rings (SSSR count). The van der Waals surface area contributed by atoms with Crippen LogP contribution in [-0.4, -0.2) is 12.5 Å². The molecule has 3 nitrogen and oxygen atoms in total. The summed E-state index contributed by atoms with van der Waals surface area (Å²) in [5, 5.41) is 3.06. The van der Waals surface area contributed by atoms with Gasteiger partial charge in [-0.15, -0.1) is 11.3 Å².